The molecule has 2 aromatic rings. The number of rotatable bonds is 5. The van der Waals surface area contributed by atoms with Crippen LogP contribution in [0.5, 0.6) is 0 Å². The van der Waals surface area contributed by atoms with Gasteiger partial charge in [-0.05, 0) is 74.5 Å². The Morgan fingerprint density at radius 2 is 1.53 bits per heavy atom. The van der Waals surface area contributed by atoms with E-state index in [2.05, 4.69) is 15.1 Å². The number of carbonyl (C=O) groups is 2. The lowest BCUT2D eigenvalue weighted by Gasteiger charge is -2.39. The Balaban J connectivity index is 1.19. The molecule has 4 rings (SSSR count). The van der Waals surface area contributed by atoms with E-state index >= 15 is 0 Å². The standard InChI is InChI=1S/C24H28ClFN4O2/c25-19-1-7-22(8-2-19)29-13-15-30(16-14-29)24(32)18-9-11-28(12-10-18)17-23(31)27-21-5-3-20(26)4-6-21/h1-8,18H,9-17H2,(H,27,31). The predicted molar refractivity (Wildman–Crippen MR) is 124 cm³/mol. The summed E-state index contributed by atoms with van der Waals surface area (Å²) in [5.41, 5.74) is 1.72. The maximum Gasteiger partial charge on any atom is 0.238 e. The second kappa shape index (κ2) is 10.3. The van der Waals surface area contributed by atoms with Crippen molar-refractivity contribution in [3.63, 3.8) is 0 Å². The zero-order valence-corrected chi connectivity index (χ0v) is 18.7. The minimum absolute atomic E-state index is 0.0218. The van der Waals surface area contributed by atoms with Crippen molar-refractivity contribution >= 4 is 34.8 Å². The topological polar surface area (TPSA) is 55.9 Å². The molecule has 2 fully saturated rings. The molecule has 0 atom stereocenters. The first-order chi connectivity index (χ1) is 15.5. The Labute approximate surface area is 192 Å². The second-order valence-electron chi connectivity index (χ2n) is 8.39. The van der Waals surface area contributed by atoms with E-state index in [0.717, 1.165) is 62.8 Å². The number of carbonyl (C=O) groups excluding carboxylic acids is 2. The molecule has 170 valence electrons. The van der Waals surface area contributed by atoms with E-state index in [9.17, 15) is 14.0 Å². The average Bonchev–Trinajstić information content (AvgIpc) is 2.81. The number of piperidine rings is 1. The molecule has 2 aliphatic heterocycles. The minimum Gasteiger partial charge on any atom is -0.368 e. The van der Waals surface area contributed by atoms with Gasteiger partial charge >= 0.3 is 0 Å². The smallest absolute Gasteiger partial charge is 0.238 e. The van der Waals surface area contributed by atoms with Crippen molar-refractivity contribution in [3.8, 4) is 0 Å². The van der Waals surface area contributed by atoms with E-state index in [1.165, 1.54) is 12.1 Å². The van der Waals surface area contributed by atoms with E-state index in [4.69, 9.17) is 11.6 Å². The molecule has 2 aromatic carbocycles. The largest absolute Gasteiger partial charge is 0.368 e. The molecule has 0 radical (unpaired) electrons. The summed E-state index contributed by atoms with van der Waals surface area (Å²) >= 11 is 5.97. The van der Waals surface area contributed by atoms with Crippen molar-refractivity contribution in [2.75, 3.05) is 56.0 Å². The highest BCUT2D eigenvalue weighted by Crippen LogP contribution is 2.23. The zero-order valence-electron chi connectivity index (χ0n) is 18.0. The fourth-order valence-electron chi connectivity index (χ4n) is 4.37. The van der Waals surface area contributed by atoms with Gasteiger partial charge in [0.05, 0.1) is 6.54 Å². The Hall–Kier alpha value is -2.64. The van der Waals surface area contributed by atoms with E-state index in [-0.39, 0.29) is 30.1 Å². The molecule has 1 N–H and O–H groups in total. The number of hydrogen-bond donors (Lipinski definition) is 1. The summed E-state index contributed by atoms with van der Waals surface area (Å²) in [4.78, 5) is 31.6. The van der Waals surface area contributed by atoms with Crippen LogP contribution in [-0.2, 0) is 9.59 Å². The molecule has 0 unspecified atom stereocenters. The van der Waals surface area contributed by atoms with Crippen LogP contribution in [-0.4, -0.2) is 67.4 Å². The van der Waals surface area contributed by atoms with Crippen LogP contribution in [0.25, 0.3) is 0 Å². The number of halogens is 2. The lowest BCUT2D eigenvalue weighted by molar-refractivity contribution is -0.137. The highest BCUT2D eigenvalue weighted by Gasteiger charge is 2.31. The number of nitrogens with one attached hydrogen (secondary N) is 1. The first-order valence-electron chi connectivity index (χ1n) is 11.0. The lowest BCUT2D eigenvalue weighted by Crippen LogP contribution is -2.52. The van der Waals surface area contributed by atoms with Gasteiger partial charge in [-0.15, -0.1) is 0 Å². The predicted octanol–water partition coefficient (Wildman–Crippen LogP) is 3.48. The van der Waals surface area contributed by atoms with Crippen LogP contribution in [0.15, 0.2) is 48.5 Å². The minimum atomic E-state index is -0.332. The van der Waals surface area contributed by atoms with Gasteiger partial charge in [0, 0.05) is 48.5 Å². The molecule has 0 spiro atoms. The number of nitrogens with zero attached hydrogens (tertiary/aromatic N) is 3. The summed E-state index contributed by atoms with van der Waals surface area (Å²) in [6, 6.07) is 13.5. The van der Waals surface area contributed by atoms with Crippen LogP contribution in [0.4, 0.5) is 15.8 Å². The zero-order chi connectivity index (χ0) is 22.5. The molecule has 0 bridgehead atoms. The van der Waals surface area contributed by atoms with Crippen molar-refractivity contribution in [2.24, 2.45) is 5.92 Å². The van der Waals surface area contributed by atoms with Gasteiger partial charge in [0.2, 0.25) is 11.8 Å². The van der Waals surface area contributed by atoms with Crippen molar-refractivity contribution < 1.29 is 14.0 Å². The Kier molecular flexibility index (Phi) is 7.27. The molecule has 2 aliphatic rings. The number of likely N-dealkylation sites (tertiary alicyclic amines) is 1. The van der Waals surface area contributed by atoms with Gasteiger partial charge < -0.3 is 15.1 Å². The van der Waals surface area contributed by atoms with Crippen molar-refractivity contribution in [1.82, 2.24) is 9.80 Å². The Morgan fingerprint density at radius 1 is 0.906 bits per heavy atom. The molecular weight excluding hydrogens is 431 g/mol. The van der Waals surface area contributed by atoms with E-state index in [1.54, 1.807) is 12.1 Å². The summed E-state index contributed by atoms with van der Waals surface area (Å²) < 4.78 is 13.0. The normalized spacial score (nSPS) is 17.9. The SMILES string of the molecule is O=C(CN1CCC(C(=O)N2CCN(c3ccc(Cl)cc3)CC2)CC1)Nc1ccc(F)cc1. The van der Waals surface area contributed by atoms with Crippen molar-refractivity contribution in [2.45, 2.75) is 12.8 Å². The van der Waals surface area contributed by atoms with Gasteiger partial charge in [-0.3, -0.25) is 14.5 Å². The third-order valence-electron chi connectivity index (χ3n) is 6.22. The summed E-state index contributed by atoms with van der Waals surface area (Å²) in [6.45, 7) is 4.79. The Bertz CT molecular complexity index is 922. The molecular formula is C24H28ClFN4O2. The molecule has 0 aromatic heterocycles. The van der Waals surface area contributed by atoms with Gasteiger partial charge in [0.15, 0.2) is 0 Å². The summed E-state index contributed by atoms with van der Waals surface area (Å²) in [5.74, 6) is -0.203. The van der Waals surface area contributed by atoms with Gasteiger partial charge in [-0.2, -0.15) is 0 Å². The summed E-state index contributed by atoms with van der Waals surface area (Å²) in [6.07, 6.45) is 1.53. The molecule has 32 heavy (non-hydrogen) atoms. The fourth-order valence-corrected chi connectivity index (χ4v) is 4.50. The summed E-state index contributed by atoms with van der Waals surface area (Å²) in [5, 5.41) is 3.51. The summed E-state index contributed by atoms with van der Waals surface area (Å²) in [7, 11) is 0. The third kappa shape index (κ3) is 5.78. The average molecular weight is 459 g/mol. The third-order valence-corrected chi connectivity index (χ3v) is 6.47. The molecule has 6 nitrogen and oxygen atoms in total. The van der Waals surface area contributed by atoms with E-state index in [0.29, 0.717) is 5.69 Å². The Morgan fingerprint density at radius 3 is 2.16 bits per heavy atom. The molecule has 2 saturated heterocycles. The molecule has 0 saturated carbocycles. The molecule has 2 amide bonds. The quantitative estimate of drug-likeness (QED) is 0.745. The van der Waals surface area contributed by atoms with Gasteiger partial charge in [0.25, 0.3) is 0 Å². The van der Waals surface area contributed by atoms with E-state index in [1.807, 2.05) is 29.2 Å². The van der Waals surface area contributed by atoms with Crippen molar-refractivity contribution in [1.29, 1.82) is 0 Å². The molecule has 2 heterocycles. The first kappa shape index (κ1) is 22.6. The second-order valence-corrected chi connectivity index (χ2v) is 8.83. The molecule has 8 heteroatoms. The van der Waals surface area contributed by atoms with Crippen molar-refractivity contribution in [3.05, 3.63) is 59.4 Å². The number of benzene rings is 2. The van der Waals surface area contributed by atoms with Gasteiger partial charge in [0.1, 0.15) is 5.82 Å². The van der Waals surface area contributed by atoms with Crippen LogP contribution in [0.2, 0.25) is 5.02 Å². The number of anilines is 2. The van der Waals surface area contributed by atoms with Crippen LogP contribution < -0.4 is 10.2 Å². The highest BCUT2D eigenvalue weighted by molar-refractivity contribution is 6.30. The van der Waals surface area contributed by atoms with Crippen LogP contribution in [0.1, 0.15) is 12.8 Å². The monoisotopic (exact) mass is 458 g/mol. The highest BCUT2D eigenvalue weighted by atomic mass is 35.5. The maximum absolute atomic E-state index is 13.0. The van der Waals surface area contributed by atoms with Crippen LogP contribution >= 0.6 is 11.6 Å². The number of hydrogen-bond acceptors (Lipinski definition) is 4. The van der Waals surface area contributed by atoms with E-state index < -0.39 is 0 Å². The fraction of sp³-hybridized carbons (Fsp3) is 0.417. The van der Waals surface area contributed by atoms with Crippen LogP contribution in [0.3, 0.4) is 0 Å². The van der Waals surface area contributed by atoms with Crippen LogP contribution in [0, 0.1) is 11.7 Å². The number of amides is 2. The lowest BCUT2D eigenvalue weighted by atomic mass is 9.95. The maximum atomic E-state index is 13.0. The number of piperazine rings is 1. The first-order valence-corrected chi connectivity index (χ1v) is 11.4. The van der Waals surface area contributed by atoms with Gasteiger partial charge in [-0.25, -0.2) is 4.39 Å². The van der Waals surface area contributed by atoms with Gasteiger partial charge in [-0.1, -0.05) is 11.6 Å². The molecule has 0 aliphatic carbocycles.